The van der Waals surface area contributed by atoms with Crippen molar-refractivity contribution in [2.45, 2.75) is 12.4 Å². The highest BCUT2D eigenvalue weighted by Gasteiger charge is 2.37. The number of halogens is 8. The Morgan fingerprint density at radius 1 is 0.818 bits per heavy atom. The van der Waals surface area contributed by atoms with Crippen molar-refractivity contribution in [2.75, 3.05) is 5.32 Å². The van der Waals surface area contributed by atoms with Crippen LogP contribution in [-0.2, 0) is 12.4 Å². The van der Waals surface area contributed by atoms with Gasteiger partial charge >= 0.3 is 12.4 Å². The number of anilines is 1. The molecule has 0 bridgehead atoms. The molecule has 0 aliphatic heterocycles. The van der Waals surface area contributed by atoms with Gasteiger partial charge in [0, 0.05) is 10.7 Å². The topological polar surface area (TPSA) is 58.6 Å². The van der Waals surface area contributed by atoms with Gasteiger partial charge in [-0.05, 0) is 54.6 Å². The molecule has 4 nitrogen and oxygen atoms in total. The van der Waals surface area contributed by atoms with Crippen molar-refractivity contribution in [2.24, 2.45) is 0 Å². The average Bonchev–Trinajstić information content (AvgIpc) is 2.70. The number of ether oxygens (including phenoxy) is 1. The molecule has 1 amide bonds. The first-order chi connectivity index (χ1) is 15.2. The van der Waals surface area contributed by atoms with Crippen LogP contribution in [0, 0.1) is 0 Å². The normalized spacial score (nSPS) is 11.9. The Balaban J connectivity index is 1.81. The number of nitrogens with one attached hydrogen (secondary N) is 1. The van der Waals surface area contributed by atoms with E-state index in [1.165, 1.54) is 36.4 Å². The van der Waals surface area contributed by atoms with Gasteiger partial charge in [-0.25, -0.2) is 0 Å². The summed E-state index contributed by atoms with van der Waals surface area (Å²) in [6.07, 6.45) is -10.0. The maximum atomic E-state index is 13.0. The molecule has 0 saturated carbocycles. The third kappa shape index (κ3) is 6.02. The number of phenolic OH excluding ortho intramolecular Hbond substituents is 1. The summed E-state index contributed by atoms with van der Waals surface area (Å²) in [5.41, 5.74) is -3.06. The third-order valence-electron chi connectivity index (χ3n) is 4.18. The van der Waals surface area contributed by atoms with Crippen LogP contribution in [0.25, 0.3) is 0 Å². The predicted octanol–water partition coefficient (Wildman–Crippen LogP) is 7.78. The van der Waals surface area contributed by atoms with Gasteiger partial charge in [0.25, 0.3) is 5.91 Å². The average molecular weight is 510 g/mol. The van der Waals surface area contributed by atoms with E-state index in [1.807, 2.05) is 0 Å². The predicted molar refractivity (Wildman–Crippen MR) is 109 cm³/mol. The Kier molecular flexibility index (Phi) is 6.71. The van der Waals surface area contributed by atoms with E-state index in [-0.39, 0.29) is 33.1 Å². The molecule has 0 aliphatic rings. The van der Waals surface area contributed by atoms with Gasteiger partial charge in [0.15, 0.2) is 0 Å². The summed E-state index contributed by atoms with van der Waals surface area (Å²) in [5, 5.41) is 12.3. The highest BCUT2D eigenvalue weighted by atomic mass is 35.5. The van der Waals surface area contributed by atoms with E-state index in [2.05, 4.69) is 5.32 Å². The number of carbonyl (C=O) groups is 1. The molecule has 0 atom stereocenters. The summed E-state index contributed by atoms with van der Waals surface area (Å²) in [4.78, 5) is 12.3. The van der Waals surface area contributed by atoms with Crippen molar-refractivity contribution in [1.82, 2.24) is 0 Å². The second-order valence-corrected chi connectivity index (χ2v) is 7.45. The summed E-state index contributed by atoms with van der Waals surface area (Å²) in [7, 11) is 0. The molecule has 0 radical (unpaired) electrons. The van der Waals surface area contributed by atoms with E-state index in [1.54, 1.807) is 0 Å². The van der Waals surface area contributed by atoms with Gasteiger partial charge in [0.1, 0.15) is 17.2 Å². The van der Waals surface area contributed by atoms with Gasteiger partial charge in [-0.1, -0.05) is 23.2 Å². The molecule has 2 N–H and O–H groups in total. The fraction of sp³-hybridized carbons (Fsp3) is 0.0952. The summed E-state index contributed by atoms with van der Waals surface area (Å²) in [6.45, 7) is 0. The fourth-order valence-corrected chi connectivity index (χ4v) is 3.16. The van der Waals surface area contributed by atoms with Crippen molar-refractivity contribution in [3.8, 4) is 17.2 Å². The quantitative estimate of drug-likeness (QED) is 0.353. The molecule has 3 aromatic carbocycles. The molecule has 0 heterocycles. The maximum absolute atomic E-state index is 13.0. The number of amides is 1. The largest absolute Gasteiger partial charge is 0.506 e. The van der Waals surface area contributed by atoms with Crippen molar-refractivity contribution >= 4 is 34.8 Å². The van der Waals surface area contributed by atoms with E-state index < -0.39 is 40.9 Å². The Morgan fingerprint density at radius 2 is 1.36 bits per heavy atom. The van der Waals surface area contributed by atoms with Gasteiger partial charge in [-0.15, -0.1) is 0 Å². The highest BCUT2D eigenvalue weighted by Crippen LogP contribution is 2.39. The lowest BCUT2D eigenvalue weighted by atomic mass is 10.1. The molecule has 3 rings (SSSR count). The van der Waals surface area contributed by atoms with E-state index >= 15 is 0 Å². The van der Waals surface area contributed by atoms with Crippen molar-refractivity contribution < 1.29 is 41.0 Å². The van der Waals surface area contributed by atoms with E-state index in [0.717, 1.165) is 0 Å². The van der Waals surface area contributed by atoms with E-state index in [9.17, 15) is 36.2 Å². The molecule has 12 heteroatoms. The molecule has 0 saturated heterocycles. The first kappa shape index (κ1) is 24.5. The van der Waals surface area contributed by atoms with Crippen LogP contribution in [0.4, 0.5) is 32.0 Å². The summed E-state index contributed by atoms with van der Waals surface area (Å²) in [6, 6.07) is 8.29. The van der Waals surface area contributed by atoms with Gasteiger partial charge < -0.3 is 15.2 Å². The Morgan fingerprint density at radius 3 is 1.88 bits per heavy atom. The SMILES string of the molecule is O=C(Nc1ccc(Oc2cc(C(F)(F)F)cc(C(F)(F)F)c2)cc1)c1cc(Cl)cc(Cl)c1O. The fourth-order valence-electron chi connectivity index (χ4n) is 2.67. The van der Waals surface area contributed by atoms with Crippen LogP contribution in [0.5, 0.6) is 17.2 Å². The first-order valence-electron chi connectivity index (χ1n) is 8.81. The van der Waals surface area contributed by atoms with Gasteiger partial charge in [-0.2, -0.15) is 26.3 Å². The number of aromatic hydroxyl groups is 1. The van der Waals surface area contributed by atoms with Gasteiger partial charge in [-0.3, -0.25) is 4.79 Å². The minimum absolute atomic E-state index is 0.0109. The molecule has 0 aromatic heterocycles. The Hall–Kier alpha value is -3.11. The van der Waals surface area contributed by atoms with Crippen LogP contribution in [0.15, 0.2) is 54.6 Å². The Bertz CT molecular complexity index is 1160. The zero-order valence-corrected chi connectivity index (χ0v) is 17.5. The summed E-state index contributed by atoms with van der Waals surface area (Å²) < 4.78 is 83.0. The standard InChI is InChI=1S/C21H11Cl2F6NO3/c22-12-8-16(18(31)17(23)9-12)19(32)30-13-1-3-14(4-2-13)33-15-6-10(20(24,25)26)5-11(7-15)21(27,28)29/h1-9,31H,(H,30,32). The van der Waals surface area contributed by atoms with Gasteiger partial charge in [0.05, 0.1) is 21.7 Å². The zero-order chi connectivity index (χ0) is 24.6. The van der Waals surface area contributed by atoms with Crippen molar-refractivity contribution in [3.63, 3.8) is 0 Å². The second kappa shape index (κ2) is 9.03. The number of hydrogen-bond acceptors (Lipinski definition) is 3. The minimum Gasteiger partial charge on any atom is -0.506 e. The van der Waals surface area contributed by atoms with Crippen LogP contribution >= 0.6 is 23.2 Å². The third-order valence-corrected chi connectivity index (χ3v) is 4.69. The number of alkyl halides is 6. The highest BCUT2D eigenvalue weighted by molar-refractivity contribution is 6.36. The molecule has 33 heavy (non-hydrogen) atoms. The lowest BCUT2D eigenvalue weighted by Crippen LogP contribution is -2.12. The molecule has 0 spiro atoms. The molecule has 0 fully saturated rings. The first-order valence-corrected chi connectivity index (χ1v) is 9.56. The molecule has 0 unspecified atom stereocenters. The molecular weight excluding hydrogens is 499 g/mol. The van der Waals surface area contributed by atoms with Crippen LogP contribution < -0.4 is 10.1 Å². The van der Waals surface area contributed by atoms with E-state index in [0.29, 0.717) is 12.1 Å². The maximum Gasteiger partial charge on any atom is 0.416 e. The second-order valence-electron chi connectivity index (χ2n) is 6.61. The number of phenols is 1. The minimum atomic E-state index is -5.01. The van der Waals surface area contributed by atoms with E-state index in [4.69, 9.17) is 27.9 Å². The molecular formula is C21H11Cl2F6NO3. The number of hydrogen-bond donors (Lipinski definition) is 2. The number of benzene rings is 3. The van der Waals surface area contributed by atoms with Crippen LogP contribution in [0.1, 0.15) is 21.5 Å². The monoisotopic (exact) mass is 509 g/mol. The summed E-state index contributed by atoms with van der Waals surface area (Å²) >= 11 is 11.6. The zero-order valence-electron chi connectivity index (χ0n) is 16.0. The van der Waals surface area contributed by atoms with Gasteiger partial charge in [0.2, 0.25) is 0 Å². The lowest BCUT2D eigenvalue weighted by molar-refractivity contribution is -0.143. The van der Waals surface area contributed by atoms with Crippen molar-refractivity contribution in [3.05, 3.63) is 81.3 Å². The van der Waals surface area contributed by atoms with Crippen LogP contribution in [-0.4, -0.2) is 11.0 Å². The number of rotatable bonds is 4. The smallest absolute Gasteiger partial charge is 0.416 e. The molecule has 174 valence electrons. The van der Waals surface area contributed by atoms with Crippen LogP contribution in [0.2, 0.25) is 10.0 Å². The molecule has 3 aromatic rings. The molecule has 0 aliphatic carbocycles. The summed E-state index contributed by atoms with van der Waals surface area (Å²) in [5.74, 6) is -2.02. The van der Waals surface area contributed by atoms with Crippen LogP contribution in [0.3, 0.4) is 0 Å². The number of carbonyl (C=O) groups excluding carboxylic acids is 1. The Labute approximate surface area is 192 Å². The lowest BCUT2D eigenvalue weighted by Gasteiger charge is -2.15. The van der Waals surface area contributed by atoms with Crippen molar-refractivity contribution in [1.29, 1.82) is 0 Å².